The van der Waals surface area contributed by atoms with E-state index in [2.05, 4.69) is 41.5 Å². The van der Waals surface area contributed by atoms with Crippen molar-refractivity contribution in [3.05, 3.63) is 0 Å². The Labute approximate surface area is 143 Å². The predicted molar refractivity (Wildman–Crippen MR) is 102 cm³/mol. The van der Waals surface area contributed by atoms with Crippen LogP contribution in [0.5, 0.6) is 0 Å². The zero-order chi connectivity index (χ0) is 15.9. The molecule has 1 aliphatic carbocycles. The molecule has 1 aliphatic rings. The van der Waals surface area contributed by atoms with Crippen molar-refractivity contribution in [3.63, 3.8) is 0 Å². The van der Waals surface area contributed by atoms with Crippen LogP contribution in [0.4, 0.5) is 0 Å². The van der Waals surface area contributed by atoms with Crippen molar-refractivity contribution in [1.82, 2.24) is 0 Å². The molecule has 0 heterocycles. The van der Waals surface area contributed by atoms with E-state index in [1.165, 1.54) is 44.9 Å². The lowest BCUT2D eigenvalue weighted by molar-refractivity contribution is -0.00722. The van der Waals surface area contributed by atoms with Gasteiger partial charge in [-0.15, -0.1) is 0 Å². The molecule has 0 aromatic carbocycles. The standard InChI is InChI=1S/C17H36O3Si.H4Si/c1-14(2)18-21(19-15(3)4,20-16(5)6)17-12-10-8-7-9-11-13-17;/h14-17H,7-13H2,1-6H3;1H4. The fourth-order valence-electron chi connectivity index (χ4n) is 3.17. The lowest BCUT2D eigenvalue weighted by Gasteiger charge is -2.40. The summed E-state index contributed by atoms with van der Waals surface area (Å²) in [7, 11) is -2.64. The highest BCUT2D eigenvalue weighted by Crippen LogP contribution is 2.39. The molecule has 0 bridgehead atoms. The fraction of sp³-hybridized carbons (Fsp3) is 1.00. The third kappa shape index (κ3) is 7.73. The largest absolute Gasteiger partial charge is 0.504 e. The van der Waals surface area contributed by atoms with Crippen molar-refractivity contribution in [2.75, 3.05) is 0 Å². The maximum Gasteiger partial charge on any atom is 0.504 e. The van der Waals surface area contributed by atoms with Gasteiger partial charge in [-0.1, -0.05) is 32.1 Å². The summed E-state index contributed by atoms with van der Waals surface area (Å²) in [4.78, 5) is 0. The Kier molecular flexibility index (Phi) is 11.1. The highest BCUT2D eigenvalue weighted by Gasteiger charge is 2.51. The summed E-state index contributed by atoms with van der Waals surface area (Å²) >= 11 is 0. The van der Waals surface area contributed by atoms with Crippen LogP contribution in [0, 0.1) is 0 Å². The van der Waals surface area contributed by atoms with E-state index in [4.69, 9.17) is 13.3 Å². The lowest BCUT2D eigenvalue weighted by Crippen LogP contribution is -2.54. The van der Waals surface area contributed by atoms with E-state index in [0.717, 1.165) is 0 Å². The summed E-state index contributed by atoms with van der Waals surface area (Å²) in [5.41, 5.74) is 0.463. The smallest absolute Gasteiger partial charge is 0.371 e. The predicted octanol–water partition coefficient (Wildman–Crippen LogP) is 3.86. The molecule has 0 N–H and O–H groups in total. The van der Waals surface area contributed by atoms with Crippen LogP contribution in [0.1, 0.15) is 86.5 Å². The third-order valence-electron chi connectivity index (χ3n) is 3.81. The number of hydrogen-bond donors (Lipinski definition) is 0. The summed E-state index contributed by atoms with van der Waals surface area (Å²) in [5, 5.41) is 0. The van der Waals surface area contributed by atoms with Gasteiger partial charge in [0.2, 0.25) is 0 Å². The molecule has 0 aromatic heterocycles. The fourth-order valence-corrected chi connectivity index (χ4v) is 7.00. The molecular formula is C17H40O3Si2. The molecule has 3 nitrogen and oxygen atoms in total. The van der Waals surface area contributed by atoms with E-state index in [9.17, 15) is 0 Å². The van der Waals surface area contributed by atoms with Crippen molar-refractivity contribution in [2.24, 2.45) is 0 Å². The molecule has 1 saturated carbocycles. The van der Waals surface area contributed by atoms with Gasteiger partial charge in [-0.25, -0.2) is 0 Å². The average molecular weight is 349 g/mol. The van der Waals surface area contributed by atoms with Gasteiger partial charge in [0.15, 0.2) is 0 Å². The van der Waals surface area contributed by atoms with Gasteiger partial charge in [-0.3, -0.25) is 0 Å². The Morgan fingerprint density at radius 1 is 0.636 bits per heavy atom. The minimum Gasteiger partial charge on any atom is -0.371 e. The van der Waals surface area contributed by atoms with Crippen molar-refractivity contribution >= 4 is 19.8 Å². The molecule has 0 radical (unpaired) electrons. The maximum atomic E-state index is 6.39. The topological polar surface area (TPSA) is 27.7 Å². The Morgan fingerprint density at radius 3 is 1.27 bits per heavy atom. The normalized spacial score (nSPS) is 18.4. The van der Waals surface area contributed by atoms with E-state index in [0.29, 0.717) is 5.54 Å². The molecule has 0 atom stereocenters. The summed E-state index contributed by atoms with van der Waals surface area (Å²) < 4.78 is 19.2. The molecule has 0 amide bonds. The van der Waals surface area contributed by atoms with E-state index >= 15 is 0 Å². The van der Waals surface area contributed by atoms with E-state index < -0.39 is 8.80 Å². The zero-order valence-electron chi connectivity index (χ0n) is 15.0. The highest BCUT2D eigenvalue weighted by molar-refractivity contribution is 6.62. The van der Waals surface area contributed by atoms with Gasteiger partial charge in [-0.2, -0.15) is 0 Å². The molecule has 0 spiro atoms. The molecule has 0 unspecified atom stereocenters. The molecule has 134 valence electrons. The minimum absolute atomic E-state index is 0. The van der Waals surface area contributed by atoms with E-state index in [1.54, 1.807) is 0 Å². The maximum absolute atomic E-state index is 6.39. The molecule has 5 heteroatoms. The second kappa shape index (κ2) is 11.0. The van der Waals surface area contributed by atoms with Crippen LogP contribution in [0.3, 0.4) is 0 Å². The van der Waals surface area contributed by atoms with Gasteiger partial charge >= 0.3 is 8.80 Å². The molecule has 0 aromatic rings. The average Bonchev–Trinajstić information content (AvgIpc) is 2.23. The molecular weight excluding hydrogens is 308 g/mol. The number of hydrogen-bond acceptors (Lipinski definition) is 3. The van der Waals surface area contributed by atoms with Gasteiger partial charge in [0.1, 0.15) is 0 Å². The van der Waals surface area contributed by atoms with Gasteiger partial charge < -0.3 is 13.3 Å². The van der Waals surface area contributed by atoms with Gasteiger partial charge in [0, 0.05) is 23.9 Å². The van der Waals surface area contributed by atoms with Crippen LogP contribution in [0.25, 0.3) is 0 Å². The summed E-state index contributed by atoms with van der Waals surface area (Å²) in [6, 6.07) is 0. The Hall–Kier alpha value is 0.314. The van der Waals surface area contributed by atoms with E-state index in [1.807, 2.05) is 0 Å². The Morgan fingerprint density at radius 2 is 0.955 bits per heavy atom. The summed E-state index contributed by atoms with van der Waals surface area (Å²) in [6.07, 6.45) is 9.46. The molecule has 1 rings (SSSR count). The van der Waals surface area contributed by atoms with Crippen LogP contribution in [0.2, 0.25) is 5.54 Å². The second-order valence-corrected chi connectivity index (χ2v) is 9.88. The lowest BCUT2D eigenvalue weighted by atomic mass is 10.0. The zero-order valence-corrected chi connectivity index (χ0v) is 16.0. The first-order valence-corrected chi connectivity index (χ1v) is 10.7. The number of rotatable bonds is 7. The van der Waals surface area contributed by atoms with Crippen LogP contribution < -0.4 is 0 Å². The van der Waals surface area contributed by atoms with Crippen molar-refractivity contribution in [1.29, 1.82) is 0 Å². The molecule has 1 fully saturated rings. The van der Waals surface area contributed by atoms with Gasteiger partial charge in [-0.05, 0) is 65.3 Å². The van der Waals surface area contributed by atoms with Crippen LogP contribution >= 0.6 is 0 Å². The minimum atomic E-state index is -2.64. The quantitative estimate of drug-likeness (QED) is 0.654. The first kappa shape index (κ1) is 22.3. The summed E-state index contributed by atoms with van der Waals surface area (Å²) in [5.74, 6) is 0. The molecule has 22 heavy (non-hydrogen) atoms. The SMILES string of the molecule is CC(C)O[Si](OC(C)C)(OC(C)C)C1CCCCCCC1.[SiH4]. The third-order valence-corrected chi connectivity index (χ3v) is 7.78. The van der Waals surface area contributed by atoms with Crippen molar-refractivity contribution < 1.29 is 13.3 Å². The second-order valence-electron chi connectivity index (χ2n) is 7.15. The first-order valence-electron chi connectivity index (χ1n) is 8.89. The van der Waals surface area contributed by atoms with Gasteiger partial charge in [0.05, 0.1) is 0 Å². The van der Waals surface area contributed by atoms with Crippen LogP contribution in [-0.4, -0.2) is 38.1 Å². The summed E-state index contributed by atoms with van der Waals surface area (Å²) in [6.45, 7) is 12.6. The monoisotopic (exact) mass is 348 g/mol. The van der Waals surface area contributed by atoms with E-state index in [-0.39, 0.29) is 29.3 Å². The molecule has 0 aliphatic heterocycles. The van der Waals surface area contributed by atoms with Crippen molar-refractivity contribution in [2.45, 2.75) is 110 Å². The highest BCUT2D eigenvalue weighted by atomic mass is 28.4. The van der Waals surface area contributed by atoms with Gasteiger partial charge in [0.25, 0.3) is 0 Å². The Bertz CT molecular complexity index is 249. The van der Waals surface area contributed by atoms with Crippen LogP contribution in [0.15, 0.2) is 0 Å². The van der Waals surface area contributed by atoms with Crippen LogP contribution in [-0.2, 0) is 13.3 Å². The van der Waals surface area contributed by atoms with Crippen molar-refractivity contribution in [3.8, 4) is 0 Å². The molecule has 0 saturated heterocycles. The first-order chi connectivity index (χ1) is 9.85. The Balaban J connectivity index is 0.00000441.